The molecular weight excluding hydrogens is 403 g/mol. The Kier molecular flexibility index (Phi) is 6.49. The number of halogens is 2. The zero-order valence-corrected chi connectivity index (χ0v) is 16.2. The SMILES string of the molecule is O=C(Cc1c(F)cccc1Cl)NCCN1C(=O)S/C(=C/c2ccccc2)C1=O. The van der Waals surface area contributed by atoms with Crippen LogP contribution < -0.4 is 5.32 Å². The van der Waals surface area contributed by atoms with Crippen LogP contribution in [0.5, 0.6) is 0 Å². The summed E-state index contributed by atoms with van der Waals surface area (Å²) in [4.78, 5) is 37.9. The number of nitrogens with zero attached hydrogens (tertiary/aromatic N) is 1. The maximum absolute atomic E-state index is 13.7. The Morgan fingerprint density at radius 2 is 1.89 bits per heavy atom. The van der Waals surface area contributed by atoms with Crippen LogP contribution in [-0.2, 0) is 16.0 Å². The van der Waals surface area contributed by atoms with Gasteiger partial charge in [0.15, 0.2) is 0 Å². The van der Waals surface area contributed by atoms with Crippen LogP contribution >= 0.6 is 23.4 Å². The van der Waals surface area contributed by atoms with Gasteiger partial charge in [0.2, 0.25) is 5.91 Å². The van der Waals surface area contributed by atoms with Crippen LogP contribution in [0.15, 0.2) is 53.4 Å². The van der Waals surface area contributed by atoms with Gasteiger partial charge in [-0.2, -0.15) is 0 Å². The number of carbonyl (C=O) groups is 3. The molecule has 0 atom stereocenters. The van der Waals surface area contributed by atoms with Crippen molar-refractivity contribution in [2.24, 2.45) is 0 Å². The molecule has 1 heterocycles. The Balaban J connectivity index is 1.55. The van der Waals surface area contributed by atoms with E-state index < -0.39 is 22.9 Å². The van der Waals surface area contributed by atoms with Crippen molar-refractivity contribution in [3.8, 4) is 0 Å². The summed E-state index contributed by atoms with van der Waals surface area (Å²) in [5.74, 6) is -1.40. The minimum atomic E-state index is -0.556. The van der Waals surface area contributed by atoms with Crippen LogP contribution in [0.2, 0.25) is 5.02 Å². The van der Waals surface area contributed by atoms with Gasteiger partial charge in [-0.25, -0.2) is 4.39 Å². The molecule has 1 aliphatic heterocycles. The highest BCUT2D eigenvalue weighted by Crippen LogP contribution is 2.31. The fraction of sp³-hybridized carbons (Fsp3) is 0.150. The van der Waals surface area contributed by atoms with Crippen molar-refractivity contribution in [3.05, 3.63) is 75.4 Å². The van der Waals surface area contributed by atoms with E-state index in [1.54, 1.807) is 6.08 Å². The Hall–Kier alpha value is -2.64. The van der Waals surface area contributed by atoms with Gasteiger partial charge < -0.3 is 5.32 Å². The maximum atomic E-state index is 13.7. The van der Waals surface area contributed by atoms with Crippen LogP contribution in [0.4, 0.5) is 9.18 Å². The molecule has 3 rings (SSSR count). The molecule has 0 aromatic heterocycles. The van der Waals surface area contributed by atoms with E-state index in [1.165, 1.54) is 18.2 Å². The first kappa shape index (κ1) is 20.1. The van der Waals surface area contributed by atoms with E-state index in [0.717, 1.165) is 22.2 Å². The Morgan fingerprint density at radius 1 is 1.14 bits per heavy atom. The first-order valence-corrected chi connectivity index (χ1v) is 9.65. The molecule has 0 bridgehead atoms. The molecule has 0 saturated carbocycles. The molecule has 28 heavy (non-hydrogen) atoms. The molecule has 0 aliphatic carbocycles. The number of amides is 3. The summed E-state index contributed by atoms with van der Waals surface area (Å²) in [6.45, 7) is 0.106. The van der Waals surface area contributed by atoms with Crippen molar-refractivity contribution in [3.63, 3.8) is 0 Å². The van der Waals surface area contributed by atoms with Crippen LogP contribution in [0.1, 0.15) is 11.1 Å². The Labute approximate surface area is 170 Å². The summed E-state index contributed by atoms with van der Waals surface area (Å²) >= 11 is 6.77. The lowest BCUT2D eigenvalue weighted by Gasteiger charge is -2.13. The van der Waals surface area contributed by atoms with E-state index in [0.29, 0.717) is 4.91 Å². The van der Waals surface area contributed by atoms with E-state index in [-0.39, 0.29) is 30.1 Å². The molecule has 0 unspecified atom stereocenters. The Bertz CT molecular complexity index is 929. The van der Waals surface area contributed by atoms with Gasteiger partial charge in [0.05, 0.1) is 11.3 Å². The van der Waals surface area contributed by atoms with Crippen molar-refractivity contribution in [1.29, 1.82) is 0 Å². The van der Waals surface area contributed by atoms with Gasteiger partial charge in [0.1, 0.15) is 5.82 Å². The predicted molar refractivity (Wildman–Crippen MR) is 107 cm³/mol. The summed E-state index contributed by atoms with van der Waals surface area (Å²) in [6, 6.07) is 13.4. The number of hydrogen-bond acceptors (Lipinski definition) is 4. The first-order chi connectivity index (χ1) is 13.5. The summed E-state index contributed by atoms with van der Waals surface area (Å²) in [5.41, 5.74) is 0.932. The molecule has 0 radical (unpaired) electrons. The van der Waals surface area contributed by atoms with Crippen LogP contribution in [0, 0.1) is 5.82 Å². The number of imide groups is 1. The van der Waals surface area contributed by atoms with Gasteiger partial charge in [-0.05, 0) is 35.5 Å². The monoisotopic (exact) mass is 418 g/mol. The van der Waals surface area contributed by atoms with Crippen molar-refractivity contribution in [2.45, 2.75) is 6.42 Å². The topological polar surface area (TPSA) is 66.5 Å². The molecule has 8 heteroatoms. The number of thioether (sulfide) groups is 1. The summed E-state index contributed by atoms with van der Waals surface area (Å²) < 4.78 is 13.7. The summed E-state index contributed by atoms with van der Waals surface area (Å²) in [6.07, 6.45) is 1.44. The van der Waals surface area contributed by atoms with Gasteiger partial charge in [-0.15, -0.1) is 0 Å². The van der Waals surface area contributed by atoms with Gasteiger partial charge in [-0.3, -0.25) is 19.3 Å². The molecule has 1 fully saturated rings. The minimum Gasteiger partial charge on any atom is -0.354 e. The molecule has 2 aromatic rings. The van der Waals surface area contributed by atoms with Crippen LogP contribution in [0.25, 0.3) is 6.08 Å². The number of carbonyl (C=O) groups excluding carboxylic acids is 3. The lowest BCUT2D eigenvalue weighted by molar-refractivity contribution is -0.124. The standard InChI is InChI=1S/C20H16ClFN2O3S/c21-15-7-4-8-16(22)14(15)12-18(25)23-9-10-24-19(26)17(28-20(24)27)11-13-5-2-1-3-6-13/h1-8,11H,9-10,12H2,(H,23,25)/b17-11+. The average Bonchev–Trinajstić information content (AvgIpc) is 2.93. The van der Waals surface area contributed by atoms with Crippen LogP contribution in [-0.4, -0.2) is 35.0 Å². The molecule has 3 amide bonds. The molecule has 1 saturated heterocycles. The lowest BCUT2D eigenvalue weighted by atomic mass is 10.1. The molecule has 0 spiro atoms. The van der Waals surface area contributed by atoms with Crippen LogP contribution in [0.3, 0.4) is 0 Å². The maximum Gasteiger partial charge on any atom is 0.293 e. The molecule has 2 aromatic carbocycles. The van der Waals surface area contributed by atoms with Gasteiger partial charge in [-0.1, -0.05) is 48.0 Å². The number of hydrogen-bond donors (Lipinski definition) is 1. The number of nitrogens with one attached hydrogen (secondary N) is 1. The second-order valence-corrected chi connectivity index (χ2v) is 7.37. The second-order valence-electron chi connectivity index (χ2n) is 5.97. The van der Waals surface area contributed by atoms with E-state index >= 15 is 0 Å². The molecule has 1 N–H and O–H groups in total. The molecule has 144 valence electrons. The van der Waals surface area contributed by atoms with E-state index in [1.807, 2.05) is 30.3 Å². The van der Waals surface area contributed by atoms with E-state index in [9.17, 15) is 18.8 Å². The van der Waals surface area contributed by atoms with Crippen molar-refractivity contribution in [2.75, 3.05) is 13.1 Å². The molecular formula is C20H16ClFN2O3S. The van der Waals surface area contributed by atoms with E-state index in [4.69, 9.17) is 11.6 Å². The molecule has 5 nitrogen and oxygen atoms in total. The highest BCUT2D eigenvalue weighted by molar-refractivity contribution is 8.18. The van der Waals surface area contributed by atoms with Crippen molar-refractivity contribution < 1.29 is 18.8 Å². The third-order valence-electron chi connectivity index (χ3n) is 4.03. The van der Waals surface area contributed by atoms with Gasteiger partial charge >= 0.3 is 0 Å². The lowest BCUT2D eigenvalue weighted by Crippen LogP contribution is -2.37. The highest BCUT2D eigenvalue weighted by atomic mass is 35.5. The fourth-order valence-electron chi connectivity index (χ4n) is 2.62. The second kappa shape index (κ2) is 9.03. The number of benzene rings is 2. The fourth-order valence-corrected chi connectivity index (χ4v) is 3.72. The third-order valence-corrected chi connectivity index (χ3v) is 5.29. The predicted octanol–water partition coefficient (Wildman–Crippen LogP) is 3.87. The highest BCUT2D eigenvalue weighted by Gasteiger charge is 2.34. The normalized spacial score (nSPS) is 15.4. The first-order valence-electron chi connectivity index (χ1n) is 8.45. The Morgan fingerprint density at radius 3 is 2.61 bits per heavy atom. The van der Waals surface area contributed by atoms with Crippen molar-refractivity contribution in [1.82, 2.24) is 10.2 Å². The van der Waals surface area contributed by atoms with E-state index in [2.05, 4.69) is 5.32 Å². The summed E-state index contributed by atoms with van der Waals surface area (Å²) in [5, 5.41) is 2.36. The average molecular weight is 419 g/mol. The smallest absolute Gasteiger partial charge is 0.293 e. The summed E-state index contributed by atoms with van der Waals surface area (Å²) in [7, 11) is 0. The quantitative estimate of drug-likeness (QED) is 0.723. The third kappa shape index (κ3) is 4.79. The minimum absolute atomic E-state index is 0.0353. The van der Waals surface area contributed by atoms with Gasteiger partial charge in [0.25, 0.3) is 11.1 Å². The zero-order valence-electron chi connectivity index (χ0n) is 14.7. The number of rotatable bonds is 6. The zero-order chi connectivity index (χ0) is 20.1. The van der Waals surface area contributed by atoms with Crippen molar-refractivity contribution >= 4 is 46.5 Å². The van der Waals surface area contributed by atoms with Gasteiger partial charge in [0, 0.05) is 23.7 Å². The molecule has 1 aliphatic rings. The largest absolute Gasteiger partial charge is 0.354 e.